The zero-order chi connectivity index (χ0) is 18.5. The largest absolute Gasteiger partial charge is 0.481 e. The number of aromatic nitrogens is 2. The number of amides is 1. The number of benzene rings is 2. The van der Waals surface area contributed by atoms with Crippen LogP contribution in [0.25, 0.3) is 5.69 Å². The molecule has 1 heterocycles. The van der Waals surface area contributed by atoms with Gasteiger partial charge in [0.25, 0.3) is 5.91 Å². The second-order valence-corrected chi connectivity index (χ2v) is 6.22. The van der Waals surface area contributed by atoms with Crippen LogP contribution < -0.4 is 10.1 Å². The van der Waals surface area contributed by atoms with Gasteiger partial charge in [-0.15, -0.1) is 0 Å². The van der Waals surface area contributed by atoms with Crippen LogP contribution in [0.4, 0.5) is 0 Å². The zero-order valence-electron chi connectivity index (χ0n) is 15.3. The smallest absolute Gasteiger partial charge is 0.261 e. The Kier molecular flexibility index (Phi) is 5.37. The first-order valence-corrected chi connectivity index (χ1v) is 8.64. The van der Waals surface area contributed by atoms with Gasteiger partial charge in [0, 0.05) is 18.9 Å². The summed E-state index contributed by atoms with van der Waals surface area (Å²) < 4.78 is 7.80. The summed E-state index contributed by atoms with van der Waals surface area (Å²) in [6.45, 7) is 6.10. The van der Waals surface area contributed by atoms with Crippen LogP contribution in [0, 0.1) is 13.8 Å². The molecule has 134 valence electrons. The Hall–Kier alpha value is -3.08. The molecular weight excluding hydrogens is 326 g/mol. The second-order valence-electron chi connectivity index (χ2n) is 6.22. The van der Waals surface area contributed by atoms with E-state index < -0.39 is 6.10 Å². The molecule has 0 saturated heterocycles. The first-order valence-electron chi connectivity index (χ1n) is 8.64. The van der Waals surface area contributed by atoms with Crippen molar-refractivity contribution >= 4 is 5.91 Å². The normalized spacial score (nSPS) is 11.8. The van der Waals surface area contributed by atoms with Gasteiger partial charge in [0.15, 0.2) is 6.10 Å². The summed E-state index contributed by atoms with van der Waals surface area (Å²) in [6.07, 6.45) is 3.11. The Morgan fingerprint density at radius 3 is 2.62 bits per heavy atom. The molecule has 1 amide bonds. The van der Waals surface area contributed by atoms with E-state index in [0.717, 1.165) is 28.4 Å². The monoisotopic (exact) mass is 349 g/mol. The van der Waals surface area contributed by atoms with Crippen molar-refractivity contribution in [3.63, 3.8) is 0 Å². The van der Waals surface area contributed by atoms with Gasteiger partial charge in [0.2, 0.25) is 0 Å². The van der Waals surface area contributed by atoms with Crippen molar-refractivity contribution in [1.82, 2.24) is 14.9 Å². The average molecular weight is 349 g/mol. The van der Waals surface area contributed by atoms with Crippen LogP contribution in [0.1, 0.15) is 23.9 Å². The number of rotatable bonds is 6. The fraction of sp³-hybridized carbons (Fsp3) is 0.238. The van der Waals surface area contributed by atoms with E-state index in [-0.39, 0.29) is 5.91 Å². The molecule has 1 N–H and O–H groups in total. The molecule has 0 bridgehead atoms. The lowest BCUT2D eigenvalue weighted by atomic mass is 10.1. The molecule has 1 atom stereocenters. The molecule has 1 aromatic heterocycles. The fourth-order valence-electron chi connectivity index (χ4n) is 2.79. The first kappa shape index (κ1) is 17.7. The van der Waals surface area contributed by atoms with Gasteiger partial charge in [0.1, 0.15) is 11.6 Å². The number of para-hydroxylation sites is 2. The number of carbonyl (C=O) groups is 1. The fourth-order valence-corrected chi connectivity index (χ4v) is 2.79. The topological polar surface area (TPSA) is 56.1 Å². The molecule has 26 heavy (non-hydrogen) atoms. The Labute approximate surface area is 153 Å². The maximum atomic E-state index is 12.4. The molecule has 0 fully saturated rings. The minimum atomic E-state index is -0.571. The molecule has 0 radical (unpaired) electrons. The Morgan fingerprint density at radius 1 is 1.15 bits per heavy atom. The molecule has 2 aromatic carbocycles. The van der Waals surface area contributed by atoms with Crippen LogP contribution in [0.15, 0.2) is 60.9 Å². The number of hydrogen-bond acceptors (Lipinski definition) is 3. The summed E-state index contributed by atoms with van der Waals surface area (Å²) in [5.74, 6) is 1.48. The Bertz CT molecular complexity index is 902. The third-order valence-corrected chi connectivity index (χ3v) is 4.30. The number of imidazole rings is 1. The van der Waals surface area contributed by atoms with E-state index in [0.29, 0.717) is 6.54 Å². The Balaban J connectivity index is 1.67. The number of nitrogens with zero attached hydrogens (tertiary/aromatic N) is 2. The molecule has 5 heteroatoms. The quantitative estimate of drug-likeness (QED) is 0.740. The van der Waals surface area contributed by atoms with Gasteiger partial charge in [-0.25, -0.2) is 4.98 Å². The van der Waals surface area contributed by atoms with Crippen molar-refractivity contribution < 1.29 is 9.53 Å². The molecular formula is C21H23N3O2. The Morgan fingerprint density at radius 2 is 1.88 bits per heavy atom. The predicted octanol–water partition coefficient (Wildman–Crippen LogP) is 3.57. The third-order valence-electron chi connectivity index (χ3n) is 4.30. The highest BCUT2D eigenvalue weighted by Crippen LogP contribution is 2.18. The van der Waals surface area contributed by atoms with Crippen molar-refractivity contribution in [3.05, 3.63) is 77.9 Å². The summed E-state index contributed by atoms with van der Waals surface area (Å²) in [5.41, 5.74) is 3.04. The highest BCUT2D eigenvalue weighted by molar-refractivity contribution is 5.80. The van der Waals surface area contributed by atoms with Crippen molar-refractivity contribution in [1.29, 1.82) is 0 Å². The van der Waals surface area contributed by atoms with Gasteiger partial charge in [0.05, 0.1) is 5.69 Å². The molecule has 0 saturated carbocycles. The van der Waals surface area contributed by atoms with Crippen LogP contribution in [0.5, 0.6) is 5.75 Å². The van der Waals surface area contributed by atoms with Gasteiger partial charge in [-0.1, -0.05) is 36.4 Å². The number of hydrogen-bond donors (Lipinski definition) is 1. The maximum absolute atomic E-state index is 12.4. The molecule has 3 aromatic rings. The first-order chi connectivity index (χ1) is 12.6. The number of aryl methyl sites for hydroxylation is 2. The van der Waals surface area contributed by atoms with Gasteiger partial charge in [-0.3, -0.25) is 4.79 Å². The van der Waals surface area contributed by atoms with Gasteiger partial charge in [-0.2, -0.15) is 0 Å². The summed E-state index contributed by atoms with van der Waals surface area (Å²) in [4.78, 5) is 16.7. The molecule has 3 rings (SSSR count). The minimum Gasteiger partial charge on any atom is -0.481 e. The standard InChI is InChI=1S/C21H23N3O2/c1-15-8-4-7-11-20(15)26-16(2)21(25)23-14-18-9-5-6-10-19(18)24-13-12-22-17(24)3/h4-13,16H,14H2,1-3H3,(H,23,25)/t16-/m1/s1. The van der Waals surface area contributed by atoms with Gasteiger partial charge in [-0.05, 0) is 44.0 Å². The van der Waals surface area contributed by atoms with E-state index in [1.54, 1.807) is 13.1 Å². The van der Waals surface area contributed by atoms with E-state index in [9.17, 15) is 4.79 Å². The van der Waals surface area contributed by atoms with Crippen molar-refractivity contribution in [2.45, 2.75) is 33.4 Å². The third kappa shape index (κ3) is 3.94. The lowest BCUT2D eigenvalue weighted by Gasteiger charge is -2.17. The van der Waals surface area contributed by atoms with Crippen LogP contribution in [0.2, 0.25) is 0 Å². The number of nitrogens with one attached hydrogen (secondary N) is 1. The maximum Gasteiger partial charge on any atom is 0.261 e. The number of carbonyl (C=O) groups excluding carboxylic acids is 1. The summed E-state index contributed by atoms with van der Waals surface area (Å²) in [5, 5.41) is 2.96. The molecule has 0 aliphatic carbocycles. The summed E-state index contributed by atoms with van der Waals surface area (Å²) >= 11 is 0. The predicted molar refractivity (Wildman–Crippen MR) is 101 cm³/mol. The van der Waals surface area contributed by atoms with Crippen LogP contribution in [0.3, 0.4) is 0 Å². The van der Waals surface area contributed by atoms with Gasteiger partial charge < -0.3 is 14.6 Å². The van der Waals surface area contributed by atoms with E-state index in [4.69, 9.17) is 4.74 Å². The minimum absolute atomic E-state index is 0.148. The zero-order valence-corrected chi connectivity index (χ0v) is 15.3. The van der Waals surface area contributed by atoms with Crippen LogP contribution in [-0.2, 0) is 11.3 Å². The second kappa shape index (κ2) is 7.87. The van der Waals surface area contributed by atoms with Crippen LogP contribution >= 0.6 is 0 Å². The average Bonchev–Trinajstić information content (AvgIpc) is 3.07. The molecule has 0 unspecified atom stereocenters. The highest BCUT2D eigenvalue weighted by atomic mass is 16.5. The van der Waals surface area contributed by atoms with E-state index in [1.807, 2.05) is 73.1 Å². The number of ether oxygens (including phenoxy) is 1. The van der Waals surface area contributed by atoms with E-state index >= 15 is 0 Å². The summed E-state index contributed by atoms with van der Waals surface area (Å²) in [6, 6.07) is 15.6. The van der Waals surface area contributed by atoms with Gasteiger partial charge >= 0.3 is 0 Å². The molecule has 5 nitrogen and oxygen atoms in total. The van der Waals surface area contributed by atoms with Crippen molar-refractivity contribution in [2.24, 2.45) is 0 Å². The van der Waals surface area contributed by atoms with E-state index in [2.05, 4.69) is 10.3 Å². The highest BCUT2D eigenvalue weighted by Gasteiger charge is 2.16. The lowest BCUT2D eigenvalue weighted by Crippen LogP contribution is -2.36. The van der Waals surface area contributed by atoms with Crippen molar-refractivity contribution in [2.75, 3.05) is 0 Å². The van der Waals surface area contributed by atoms with E-state index in [1.165, 1.54) is 0 Å². The summed E-state index contributed by atoms with van der Waals surface area (Å²) in [7, 11) is 0. The van der Waals surface area contributed by atoms with Crippen molar-refractivity contribution in [3.8, 4) is 11.4 Å². The lowest BCUT2D eigenvalue weighted by molar-refractivity contribution is -0.127. The SMILES string of the molecule is Cc1ccccc1O[C@H](C)C(=O)NCc1ccccc1-n1ccnc1C. The van der Waals surface area contributed by atoms with Crippen LogP contribution in [-0.4, -0.2) is 21.6 Å². The molecule has 0 aliphatic heterocycles. The molecule has 0 aliphatic rings. The molecule has 0 spiro atoms.